The number of anilines is 1. The molecule has 0 bridgehead atoms. The molecule has 5 atom stereocenters. The fourth-order valence-electron chi connectivity index (χ4n) is 2.60. The highest BCUT2D eigenvalue weighted by atomic mass is 35.5. The van der Waals surface area contributed by atoms with E-state index in [0.717, 1.165) is 0 Å². The molecule has 1 amide bonds. The first-order valence-electron chi connectivity index (χ1n) is 8.14. The fourth-order valence-corrected chi connectivity index (χ4v) is 3.57. The lowest BCUT2D eigenvalue weighted by Gasteiger charge is -2.16. The smallest absolute Gasteiger partial charge is 0.362 e. The predicted octanol–water partition coefficient (Wildman–Crippen LogP) is -2.59. The van der Waals surface area contributed by atoms with Crippen LogP contribution in [0, 0.1) is 0 Å². The molecule has 7 N–H and O–H groups in total. The summed E-state index contributed by atoms with van der Waals surface area (Å²) in [4.78, 5) is 23.1. The van der Waals surface area contributed by atoms with E-state index in [2.05, 4.69) is 19.1 Å². The Hall–Kier alpha value is -2.14. The molecule has 3 heterocycles. The number of nitrogens with zero attached hydrogens (tertiary/aromatic N) is 4. The molecule has 0 aliphatic carbocycles. The van der Waals surface area contributed by atoms with Crippen molar-refractivity contribution in [2.75, 3.05) is 12.3 Å². The van der Waals surface area contributed by atoms with E-state index in [1.807, 2.05) is 0 Å². The SMILES string of the molecule is C[C@H](N)C(=O)NS(=O)(=O)OC[C@@H]1O[C@@H](n2cnc3c(N)nc(Cl)nc32)[C@H](O)[C@H]1O. The number of nitrogens with two attached hydrogens (primary N) is 2. The zero-order valence-corrected chi connectivity index (χ0v) is 16.4. The zero-order valence-electron chi connectivity index (χ0n) is 14.8. The Morgan fingerprint density at radius 2 is 2.14 bits per heavy atom. The lowest BCUT2D eigenvalue weighted by Crippen LogP contribution is -2.43. The number of rotatable bonds is 6. The molecule has 2 aromatic rings. The number of nitrogens with one attached hydrogen (secondary N) is 1. The van der Waals surface area contributed by atoms with E-state index in [1.54, 1.807) is 4.72 Å². The van der Waals surface area contributed by atoms with Gasteiger partial charge in [-0.15, -0.1) is 0 Å². The van der Waals surface area contributed by atoms with E-state index in [-0.39, 0.29) is 22.3 Å². The Morgan fingerprint density at radius 1 is 1.45 bits per heavy atom. The summed E-state index contributed by atoms with van der Waals surface area (Å²) in [5.41, 5.74) is 11.3. The molecule has 2 aromatic heterocycles. The first-order chi connectivity index (χ1) is 13.5. The van der Waals surface area contributed by atoms with Crippen molar-refractivity contribution < 1.29 is 32.3 Å². The molecule has 0 aromatic carbocycles. The van der Waals surface area contributed by atoms with Gasteiger partial charge in [-0.05, 0) is 18.5 Å². The van der Waals surface area contributed by atoms with Gasteiger partial charge in [0.05, 0.1) is 19.0 Å². The summed E-state index contributed by atoms with van der Waals surface area (Å²) in [6.07, 6.45) is -4.22. The minimum Gasteiger partial charge on any atom is -0.387 e. The van der Waals surface area contributed by atoms with Gasteiger partial charge in [0.15, 0.2) is 17.7 Å². The van der Waals surface area contributed by atoms with Crippen LogP contribution in [0.1, 0.15) is 13.2 Å². The number of amides is 1. The third-order valence-corrected chi connectivity index (χ3v) is 5.13. The second-order valence-electron chi connectivity index (χ2n) is 6.24. The number of carbonyl (C=O) groups is 1. The molecule has 1 aliphatic heterocycles. The average molecular weight is 452 g/mol. The van der Waals surface area contributed by atoms with Gasteiger partial charge in [-0.3, -0.25) is 13.5 Å². The Balaban J connectivity index is 1.75. The highest BCUT2D eigenvalue weighted by Gasteiger charge is 2.45. The Bertz CT molecular complexity index is 1030. The molecular formula is C13H18ClN7O7S. The normalized spacial score (nSPS) is 26.0. The number of hydrogen-bond acceptors (Lipinski definition) is 12. The van der Waals surface area contributed by atoms with Gasteiger partial charge < -0.3 is 26.4 Å². The number of fused-ring (bicyclic) bond motifs is 1. The number of ether oxygens (including phenoxy) is 1. The van der Waals surface area contributed by atoms with Crippen molar-refractivity contribution in [1.82, 2.24) is 24.2 Å². The molecule has 0 unspecified atom stereocenters. The number of hydrogen-bond donors (Lipinski definition) is 5. The number of carbonyl (C=O) groups excluding carboxylic acids is 1. The predicted molar refractivity (Wildman–Crippen MR) is 97.3 cm³/mol. The Morgan fingerprint density at radius 3 is 2.79 bits per heavy atom. The Kier molecular flexibility index (Phi) is 5.91. The maximum absolute atomic E-state index is 11.8. The standard InChI is InChI=1S/C13H18ClN7O7S/c1-4(15)11(24)20-29(25,26)27-2-5-7(22)8(23)12(28-5)21-3-17-6-9(16)18-13(14)19-10(6)21/h3-5,7-8,12,22-23H,2,15H2,1H3,(H,20,24)(H2,16,18,19)/t4-,5-,7-,8+,12+/m0/s1. The van der Waals surface area contributed by atoms with Crippen LogP contribution >= 0.6 is 11.6 Å². The van der Waals surface area contributed by atoms with Crippen molar-refractivity contribution in [3.63, 3.8) is 0 Å². The van der Waals surface area contributed by atoms with Gasteiger partial charge in [-0.25, -0.2) is 9.71 Å². The quantitative estimate of drug-likeness (QED) is 0.285. The van der Waals surface area contributed by atoms with Gasteiger partial charge in [0.25, 0.3) is 5.91 Å². The van der Waals surface area contributed by atoms with Crippen LogP contribution in [0.2, 0.25) is 5.28 Å². The fraction of sp³-hybridized carbons (Fsp3) is 0.538. The Labute approximate surface area is 169 Å². The number of aliphatic hydroxyl groups is 2. The lowest BCUT2D eigenvalue weighted by atomic mass is 10.1. The molecule has 160 valence electrons. The van der Waals surface area contributed by atoms with Gasteiger partial charge in [0.1, 0.15) is 23.8 Å². The van der Waals surface area contributed by atoms with Crippen molar-refractivity contribution in [2.45, 2.75) is 37.5 Å². The molecule has 0 saturated carbocycles. The molecule has 1 saturated heterocycles. The summed E-state index contributed by atoms with van der Waals surface area (Å²) in [6.45, 7) is 0.592. The summed E-state index contributed by atoms with van der Waals surface area (Å²) in [5.74, 6) is -0.975. The second-order valence-corrected chi connectivity index (χ2v) is 7.93. The average Bonchev–Trinajstić information content (AvgIpc) is 3.15. The van der Waals surface area contributed by atoms with Crippen LogP contribution in [0.5, 0.6) is 0 Å². The third kappa shape index (κ3) is 4.40. The largest absolute Gasteiger partial charge is 0.387 e. The number of aliphatic hydroxyl groups excluding tert-OH is 2. The van der Waals surface area contributed by atoms with Crippen molar-refractivity contribution >= 4 is 44.8 Å². The van der Waals surface area contributed by atoms with E-state index >= 15 is 0 Å². The van der Waals surface area contributed by atoms with Gasteiger partial charge in [0, 0.05) is 0 Å². The molecule has 1 fully saturated rings. The van der Waals surface area contributed by atoms with Crippen LogP contribution < -0.4 is 16.2 Å². The maximum Gasteiger partial charge on any atom is 0.362 e. The minimum absolute atomic E-state index is 0.00244. The van der Waals surface area contributed by atoms with Gasteiger partial charge in [-0.1, -0.05) is 0 Å². The number of halogens is 1. The molecule has 16 heteroatoms. The van der Waals surface area contributed by atoms with Crippen LogP contribution in [-0.2, 0) is 24.0 Å². The summed E-state index contributed by atoms with van der Waals surface area (Å²) in [6, 6.07) is -1.08. The van der Waals surface area contributed by atoms with E-state index < -0.39 is 53.4 Å². The summed E-state index contributed by atoms with van der Waals surface area (Å²) < 4.78 is 36.6. The van der Waals surface area contributed by atoms with Crippen LogP contribution in [0.4, 0.5) is 5.82 Å². The molecule has 0 radical (unpaired) electrons. The van der Waals surface area contributed by atoms with Crippen molar-refractivity contribution in [3.8, 4) is 0 Å². The van der Waals surface area contributed by atoms with Crippen LogP contribution in [0.25, 0.3) is 11.2 Å². The van der Waals surface area contributed by atoms with Gasteiger partial charge >= 0.3 is 10.3 Å². The highest BCUT2D eigenvalue weighted by molar-refractivity contribution is 7.85. The van der Waals surface area contributed by atoms with Crippen LogP contribution in [0.3, 0.4) is 0 Å². The van der Waals surface area contributed by atoms with Crippen LogP contribution in [0.15, 0.2) is 6.33 Å². The molecule has 14 nitrogen and oxygen atoms in total. The van der Waals surface area contributed by atoms with Gasteiger partial charge in [0.2, 0.25) is 5.28 Å². The van der Waals surface area contributed by atoms with E-state index in [0.29, 0.717) is 0 Å². The second kappa shape index (κ2) is 7.94. The highest BCUT2D eigenvalue weighted by Crippen LogP contribution is 2.32. The molecule has 0 spiro atoms. The van der Waals surface area contributed by atoms with E-state index in [1.165, 1.54) is 17.8 Å². The third-order valence-electron chi connectivity index (χ3n) is 4.06. The summed E-state index contributed by atoms with van der Waals surface area (Å²) >= 11 is 5.79. The van der Waals surface area contributed by atoms with Crippen molar-refractivity contribution in [1.29, 1.82) is 0 Å². The molecule has 1 aliphatic rings. The summed E-state index contributed by atoms with van der Waals surface area (Å²) in [5, 5.41) is 20.4. The molecule has 29 heavy (non-hydrogen) atoms. The molecular weight excluding hydrogens is 434 g/mol. The maximum atomic E-state index is 11.8. The molecule has 3 rings (SSSR count). The van der Waals surface area contributed by atoms with E-state index in [4.69, 9.17) is 27.8 Å². The van der Waals surface area contributed by atoms with Gasteiger partial charge in [-0.2, -0.15) is 18.4 Å². The first kappa shape index (κ1) is 21.6. The monoisotopic (exact) mass is 451 g/mol. The number of imidazole rings is 1. The lowest BCUT2D eigenvalue weighted by molar-refractivity contribution is -0.120. The number of nitrogen functional groups attached to an aromatic ring is 1. The zero-order chi connectivity index (χ0) is 21.5. The van der Waals surface area contributed by atoms with E-state index in [9.17, 15) is 23.4 Å². The minimum atomic E-state index is -4.50. The first-order valence-corrected chi connectivity index (χ1v) is 9.92. The summed E-state index contributed by atoms with van der Waals surface area (Å²) in [7, 11) is -4.50. The van der Waals surface area contributed by atoms with Crippen molar-refractivity contribution in [3.05, 3.63) is 11.6 Å². The number of aromatic nitrogens is 4. The topological polar surface area (TPSA) is 218 Å². The van der Waals surface area contributed by atoms with Crippen LogP contribution in [-0.4, -0.2) is 75.0 Å². The van der Waals surface area contributed by atoms with Crippen molar-refractivity contribution in [2.24, 2.45) is 5.73 Å².